The number of carboxylic acids is 2. The third-order valence-electron chi connectivity index (χ3n) is 10.2. The lowest BCUT2D eigenvalue weighted by atomic mass is 9.90. The number of carbonyl (C=O) groups is 3. The minimum absolute atomic E-state index is 0.0100. The van der Waals surface area contributed by atoms with E-state index in [1.807, 2.05) is 48.5 Å². The molecule has 1 aromatic heterocycles. The van der Waals surface area contributed by atoms with Gasteiger partial charge >= 0.3 is 11.9 Å². The Bertz CT molecular complexity index is 1800. The van der Waals surface area contributed by atoms with Gasteiger partial charge in [0.05, 0.1) is 7.11 Å². The molecule has 0 amide bonds. The number of nitrogens with zero attached hydrogens (tertiary/aromatic N) is 2. The minimum atomic E-state index is -1.82. The normalized spacial score (nSPS) is 19.4. The second kappa shape index (κ2) is 17.9. The fourth-order valence-corrected chi connectivity index (χ4v) is 8.71. The first-order valence-electron chi connectivity index (χ1n) is 18.4. The van der Waals surface area contributed by atoms with Crippen LogP contribution in [0.15, 0.2) is 66.7 Å². The summed E-state index contributed by atoms with van der Waals surface area (Å²) in [6.07, 6.45) is 11.5. The lowest BCUT2D eigenvalue weighted by Crippen LogP contribution is -2.49. The van der Waals surface area contributed by atoms with Crippen LogP contribution in [0.3, 0.4) is 0 Å². The molecule has 1 saturated carbocycles. The molecule has 3 fully saturated rings. The summed E-state index contributed by atoms with van der Waals surface area (Å²) in [5.74, 6) is -1.19. The molecule has 3 aliphatic rings. The van der Waals surface area contributed by atoms with Gasteiger partial charge in [-0.15, -0.1) is 11.3 Å². The van der Waals surface area contributed by atoms with Crippen LogP contribution in [0, 0.1) is 0 Å². The number of hydrogen-bond donors (Lipinski definition) is 2. The van der Waals surface area contributed by atoms with Crippen molar-refractivity contribution >= 4 is 39.1 Å². The van der Waals surface area contributed by atoms with Gasteiger partial charge in [-0.2, -0.15) is 0 Å². The van der Waals surface area contributed by atoms with Crippen LogP contribution in [0.4, 0.5) is 0 Å². The molecule has 2 unspecified atom stereocenters. The van der Waals surface area contributed by atoms with E-state index in [9.17, 15) is 4.79 Å². The van der Waals surface area contributed by atoms with Gasteiger partial charge in [0.2, 0.25) is 0 Å². The van der Waals surface area contributed by atoms with Crippen LogP contribution in [0.1, 0.15) is 73.7 Å². The number of ether oxygens (including phenoxy) is 3. The van der Waals surface area contributed by atoms with Crippen LogP contribution in [-0.4, -0.2) is 96.3 Å². The van der Waals surface area contributed by atoms with E-state index < -0.39 is 11.9 Å². The predicted octanol–water partition coefficient (Wildman–Crippen LogP) is 7.61. The molecule has 2 atom stereocenters. The second-order valence-corrected chi connectivity index (χ2v) is 14.7. The molecular weight excluding hydrogens is 681 g/mol. The van der Waals surface area contributed by atoms with Crippen molar-refractivity contribution in [3.63, 3.8) is 0 Å². The van der Waals surface area contributed by atoms with Crippen molar-refractivity contribution in [1.82, 2.24) is 9.80 Å². The van der Waals surface area contributed by atoms with Gasteiger partial charge in [-0.25, -0.2) is 9.59 Å². The Labute approximate surface area is 308 Å². The number of rotatable bonds is 11. The zero-order valence-corrected chi connectivity index (χ0v) is 30.6. The molecule has 3 heterocycles. The average Bonchev–Trinajstić information content (AvgIpc) is 3.84. The highest BCUT2D eigenvalue weighted by molar-refractivity contribution is 7.22. The summed E-state index contributed by atoms with van der Waals surface area (Å²) in [4.78, 5) is 38.6. The summed E-state index contributed by atoms with van der Waals surface area (Å²) < 4.78 is 19.3. The number of hydrogen-bond acceptors (Lipinski definition) is 9. The first-order chi connectivity index (χ1) is 25.3. The molecule has 1 aliphatic carbocycles. The van der Waals surface area contributed by atoms with Crippen molar-refractivity contribution in [1.29, 1.82) is 0 Å². The van der Waals surface area contributed by atoms with Gasteiger partial charge in [-0.05, 0) is 143 Å². The van der Waals surface area contributed by atoms with E-state index in [4.69, 9.17) is 34.0 Å². The first kappa shape index (κ1) is 37.3. The first-order valence-corrected chi connectivity index (χ1v) is 19.2. The Morgan fingerprint density at radius 2 is 1.38 bits per heavy atom. The smallest absolute Gasteiger partial charge is 0.414 e. The Morgan fingerprint density at radius 1 is 0.750 bits per heavy atom. The summed E-state index contributed by atoms with van der Waals surface area (Å²) in [6.45, 7) is 6.37. The number of methoxy groups -OCH3 is 1. The van der Waals surface area contributed by atoms with E-state index in [0.29, 0.717) is 23.8 Å². The van der Waals surface area contributed by atoms with Crippen molar-refractivity contribution in [2.24, 2.45) is 0 Å². The number of piperidine rings is 1. The predicted molar refractivity (Wildman–Crippen MR) is 202 cm³/mol. The maximum atomic E-state index is 14.3. The van der Waals surface area contributed by atoms with Gasteiger partial charge in [0.1, 0.15) is 30.0 Å². The topological polar surface area (TPSA) is 126 Å². The van der Waals surface area contributed by atoms with E-state index >= 15 is 0 Å². The molecule has 2 saturated heterocycles. The lowest BCUT2D eigenvalue weighted by Gasteiger charge is -2.41. The third kappa shape index (κ3) is 9.31. The zero-order valence-electron chi connectivity index (χ0n) is 29.8. The second-order valence-electron chi connectivity index (χ2n) is 13.7. The quantitative estimate of drug-likeness (QED) is 0.118. The fourth-order valence-electron chi connectivity index (χ4n) is 7.52. The molecular formula is C41H48N2O8S. The summed E-state index contributed by atoms with van der Waals surface area (Å²) in [7, 11) is 1.67. The number of aliphatic carboxylic acids is 2. The van der Waals surface area contributed by atoms with E-state index in [1.54, 1.807) is 18.4 Å². The highest BCUT2D eigenvalue weighted by Crippen LogP contribution is 2.42. The lowest BCUT2D eigenvalue weighted by molar-refractivity contribution is -0.159. The molecule has 52 heavy (non-hydrogen) atoms. The van der Waals surface area contributed by atoms with E-state index in [2.05, 4.69) is 28.0 Å². The molecule has 3 aromatic carbocycles. The maximum Gasteiger partial charge on any atom is 0.414 e. The van der Waals surface area contributed by atoms with Crippen LogP contribution in [0.5, 0.6) is 17.2 Å². The average molecular weight is 729 g/mol. The van der Waals surface area contributed by atoms with Crippen molar-refractivity contribution in [2.45, 2.75) is 69.9 Å². The van der Waals surface area contributed by atoms with Crippen LogP contribution in [0.25, 0.3) is 20.5 Å². The van der Waals surface area contributed by atoms with E-state index in [0.717, 1.165) is 50.7 Å². The summed E-state index contributed by atoms with van der Waals surface area (Å²) in [5, 5.41) is 15.7. The summed E-state index contributed by atoms with van der Waals surface area (Å²) in [5.41, 5.74) is 2.39. The number of benzene rings is 3. The van der Waals surface area contributed by atoms with Crippen molar-refractivity contribution in [2.75, 3.05) is 46.4 Å². The van der Waals surface area contributed by atoms with Crippen LogP contribution in [-0.2, 0) is 9.59 Å². The number of fused-ring (bicyclic) bond motifs is 1. The molecule has 276 valence electrons. The molecule has 0 radical (unpaired) electrons. The monoisotopic (exact) mass is 728 g/mol. The van der Waals surface area contributed by atoms with Gasteiger partial charge in [0, 0.05) is 38.7 Å². The molecule has 4 aromatic rings. The van der Waals surface area contributed by atoms with E-state index in [-0.39, 0.29) is 11.9 Å². The standard InChI is InChI=1S/C39H46N2O4S.C2H2O4/c1-43-32-19-20-36-33(27-32)37(39(46-36)29-13-15-30(16-14-29)44-26-25-40-21-7-8-22-40)38(42)28-11-17-31(18-12-28)45-35-10-4-3-9-34(35)41-23-5-2-6-24-41;3-1(4)2(5)6/h11-20,27,34-35H,2-10,21-26H2,1H3;(H,3,4)(H,5,6). The Balaban J connectivity index is 0.000000715. The Morgan fingerprint density at radius 3 is 2.06 bits per heavy atom. The van der Waals surface area contributed by atoms with Gasteiger partial charge in [-0.3, -0.25) is 14.6 Å². The summed E-state index contributed by atoms with van der Waals surface area (Å²) in [6, 6.07) is 22.5. The number of thiophene rings is 1. The molecule has 11 heteroatoms. The fraction of sp³-hybridized carbons (Fsp3) is 0.439. The molecule has 2 N–H and O–H groups in total. The van der Waals surface area contributed by atoms with E-state index in [1.165, 1.54) is 77.5 Å². The highest BCUT2D eigenvalue weighted by Gasteiger charge is 2.32. The molecule has 10 nitrogen and oxygen atoms in total. The van der Waals surface area contributed by atoms with Crippen molar-refractivity contribution < 1.29 is 38.8 Å². The Kier molecular flexibility index (Phi) is 12.8. The SMILES string of the molecule is COc1ccc2sc(-c3ccc(OCCN4CCCC4)cc3)c(C(=O)c3ccc(OC4CCCCC4N4CCCCC4)cc3)c2c1.O=C(O)C(=O)O. The number of ketones is 1. The molecule has 7 rings (SSSR count). The number of carbonyl (C=O) groups excluding carboxylic acids is 1. The van der Waals surface area contributed by atoms with Crippen molar-refractivity contribution in [3.8, 4) is 27.7 Å². The third-order valence-corrected chi connectivity index (χ3v) is 11.4. The molecule has 0 spiro atoms. The number of carboxylic acid groups (broad SMARTS) is 2. The Hall–Kier alpha value is -4.45. The van der Waals surface area contributed by atoms with Crippen LogP contribution >= 0.6 is 11.3 Å². The van der Waals surface area contributed by atoms with Gasteiger partial charge in [-0.1, -0.05) is 12.8 Å². The van der Waals surface area contributed by atoms with Gasteiger partial charge < -0.3 is 24.4 Å². The summed E-state index contributed by atoms with van der Waals surface area (Å²) >= 11 is 1.65. The van der Waals surface area contributed by atoms with Crippen molar-refractivity contribution in [3.05, 3.63) is 77.9 Å². The zero-order chi connectivity index (χ0) is 36.5. The van der Waals surface area contributed by atoms with Gasteiger partial charge in [0.25, 0.3) is 0 Å². The maximum absolute atomic E-state index is 14.3. The highest BCUT2D eigenvalue weighted by atomic mass is 32.1. The minimum Gasteiger partial charge on any atom is -0.497 e. The molecule has 0 bridgehead atoms. The van der Waals surface area contributed by atoms with Gasteiger partial charge in [0.15, 0.2) is 5.78 Å². The van der Waals surface area contributed by atoms with Crippen LogP contribution < -0.4 is 14.2 Å². The number of likely N-dealkylation sites (tertiary alicyclic amines) is 2. The largest absolute Gasteiger partial charge is 0.497 e. The molecule has 2 aliphatic heterocycles. The van der Waals surface area contributed by atoms with Crippen LogP contribution in [0.2, 0.25) is 0 Å².